The van der Waals surface area contributed by atoms with Crippen molar-refractivity contribution in [2.45, 2.75) is 37.9 Å². The number of nitrogens with zero attached hydrogens (tertiary/aromatic N) is 1. The van der Waals surface area contributed by atoms with Gasteiger partial charge in [0.05, 0.1) is 0 Å². The molecule has 2 rings (SSSR count). The van der Waals surface area contributed by atoms with Crippen molar-refractivity contribution in [1.82, 2.24) is 10.3 Å². The molecule has 1 unspecified atom stereocenters. The summed E-state index contributed by atoms with van der Waals surface area (Å²) >= 11 is 1.95. The van der Waals surface area contributed by atoms with Gasteiger partial charge in [-0.1, -0.05) is 13.0 Å². The normalized spacial score (nSPS) is 21.7. The lowest BCUT2D eigenvalue weighted by atomic mass is 10.1. The zero-order chi connectivity index (χ0) is 14.4. The highest BCUT2D eigenvalue weighted by atomic mass is 32.2. The summed E-state index contributed by atoms with van der Waals surface area (Å²) in [7, 11) is 0. The molecule has 110 valence electrons. The highest BCUT2D eigenvalue weighted by Crippen LogP contribution is 2.36. The van der Waals surface area contributed by atoms with Crippen LogP contribution in [0.5, 0.6) is 0 Å². The smallest absolute Gasteiger partial charge is 0.270 e. The van der Waals surface area contributed by atoms with Crippen molar-refractivity contribution in [3.05, 3.63) is 23.9 Å². The average molecular weight is 293 g/mol. The van der Waals surface area contributed by atoms with Gasteiger partial charge in [-0.05, 0) is 44.1 Å². The molecule has 0 saturated carbocycles. The zero-order valence-electron chi connectivity index (χ0n) is 12.2. The van der Waals surface area contributed by atoms with Crippen LogP contribution in [-0.2, 0) is 0 Å². The van der Waals surface area contributed by atoms with E-state index in [1.54, 1.807) is 6.07 Å². The summed E-state index contributed by atoms with van der Waals surface area (Å²) < 4.78 is 0.188. The number of pyridine rings is 1. The lowest BCUT2D eigenvalue weighted by Crippen LogP contribution is -2.37. The number of anilines is 1. The third-order valence-corrected chi connectivity index (χ3v) is 5.00. The number of aromatic nitrogens is 1. The fraction of sp³-hybridized carbons (Fsp3) is 0.600. The van der Waals surface area contributed by atoms with Gasteiger partial charge < -0.3 is 10.6 Å². The number of thioether (sulfide) groups is 1. The van der Waals surface area contributed by atoms with E-state index in [9.17, 15) is 4.79 Å². The fourth-order valence-corrected chi connectivity index (χ4v) is 3.49. The number of nitrogens with one attached hydrogen (secondary N) is 2. The molecule has 1 atom stereocenters. The topological polar surface area (TPSA) is 54.0 Å². The van der Waals surface area contributed by atoms with E-state index < -0.39 is 0 Å². The molecule has 1 saturated heterocycles. The van der Waals surface area contributed by atoms with Gasteiger partial charge in [0.25, 0.3) is 5.91 Å². The maximum atomic E-state index is 12.2. The SMILES string of the molecule is CCCNc1cccc(C(=O)NCC2(C)CCCS2)n1. The monoisotopic (exact) mass is 293 g/mol. The van der Waals surface area contributed by atoms with Crippen molar-refractivity contribution in [2.75, 3.05) is 24.2 Å². The predicted octanol–water partition coefficient (Wildman–Crippen LogP) is 2.92. The van der Waals surface area contributed by atoms with Crippen LogP contribution in [0.4, 0.5) is 5.82 Å². The Hall–Kier alpha value is -1.23. The first-order valence-electron chi connectivity index (χ1n) is 7.26. The number of carbonyl (C=O) groups excluding carboxylic acids is 1. The first-order chi connectivity index (χ1) is 9.63. The third-order valence-electron chi connectivity index (χ3n) is 3.46. The van der Waals surface area contributed by atoms with E-state index in [0.29, 0.717) is 12.2 Å². The second-order valence-corrected chi connectivity index (χ2v) is 7.10. The fourth-order valence-electron chi connectivity index (χ4n) is 2.25. The van der Waals surface area contributed by atoms with E-state index in [4.69, 9.17) is 0 Å². The van der Waals surface area contributed by atoms with E-state index >= 15 is 0 Å². The quantitative estimate of drug-likeness (QED) is 0.847. The molecule has 0 bridgehead atoms. The van der Waals surface area contributed by atoms with Crippen molar-refractivity contribution in [3.63, 3.8) is 0 Å². The maximum absolute atomic E-state index is 12.2. The van der Waals surface area contributed by atoms with Gasteiger partial charge in [0.15, 0.2) is 0 Å². The van der Waals surface area contributed by atoms with Crippen molar-refractivity contribution in [2.24, 2.45) is 0 Å². The van der Waals surface area contributed by atoms with Crippen LogP contribution in [-0.4, -0.2) is 34.5 Å². The largest absolute Gasteiger partial charge is 0.370 e. The van der Waals surface area contributed by atoms with Crippen molar-refractivity contribution < 1.29 is 4.79 Å². The Morgan fingerprint density at radius 1 is 1.50 bits per heavy atom. The number of carbonyl (C=O) groups is 1. The lowest BCUT2D eigenvalue weighted by molar-refractivity contribution is 0.0945. The number of rotatable bonds is 6. The van der Waals surface area contributed by atoms with Crippen LogP contribution >= 0.6 is 11.8 Å². The molecule has 5 heteroatoms. The predicted molar refractivity (Wildman–Crippen MR) is 85.4 cm³/mol. The maximum Gasteiger partial charge on any atom is 0.270 e. The molecule has 0 aliphatic carbocycles. The number of hydrogen-bond donors (Lipinski definition) is 2. The van der Waals surface area contributed by atoms with Gasteiger partial charge in [-0.3, -0.25) is 4.79 Å². The van der Waals surface area contributed by atoms with Crippen LogP contribution in [0.1, 0.15) is 43.6 Å². The molecule has 1 aromatic rings. The molecule has 2 N–H and O–H groups in total. The Morgan fingerprint density at radius 2 is 2.35 bits per heavy atom. The lowest BCUT2D eigenvalue weighted by Gasteiger charge is -2.22. The van der Waals surface area contributed by atoms with Crippen LogP contribution < -0.4 is 10.6 Å². The molecule has 0 radical (unpaired) electrons. The first-order valence-corrected chi connectivity index (χ1v) is 8.25. The van der Waals surface area contributed by atoms with Gasteiger partial charge in [-0.15, -0.1) is 0 Å². The van der Waals surface area contributed by atoms with E-state index in [1.165, 1.54) is 18.6 Å². The van der Waals surface area contributed by atoms with Crippen LogP contribution in [0.2, 0.25) is 0 Å². The summed E-state index contributed by atoms with van der Waals surface area (Å²) in [5.41, 5.74) is 0.484. The minimum Gasteiger partial charge on any atom is -0.370 e. The van der Waals surface area contributed by atoms with Gasteiger partial charge in [-0.25, -0.2) is 4.98 Å². The molecule has 20 heavy (non-hydrogen) atoms. The van der Waals surface area contributed by atoms with Gasteiger partial charge >= 0.3 is 0 Å². The van der Waals surface area contributed by atoms with Crippen LogP contribution in [0, 0.1) is 0 Å². The Bertz CT molecular complexity index is 458. The van der Waals surface area contributed by atoms with E-state index in [1.807, 2.05) is 23.9 Å². The standard InChI is InChI=1S/C15H23N3OS/c1-3-9-16-13-7-4-6-12(18-13)14(19)17-11-15(2)8-5-10-20-15/h4,6-7H,3,5,8-11H2,1-2H3,(H,16,18)(H,17,19). The minimum atomic E-state index is -0.0844. The highest BCUT2D eigenvalue weighted by Gasteiger charge is 2.29. The summed E-state index contributed by atoms with van der Waals surface area (Å²) in [5, 5.41) is 6.21. The molecule has 0 aromatic carbocycles. The van der Waals surface area contributed by atoms with E-state index in [2.05, 4.69) is 29.5 Å². The number of amides is 1. The Kier molecular flexibility index (Phi) is 5.29. The Balaban J connectivity index is 1.91. The summed E-state index contributed by atoms with van der Waals surface area (Å²) in [6.07, 6.45) is 3.45. The van der Waals surface area contributed by atoms with E-state index in [-0.39, 0.29) is 10.7 Å². The average Bonchev–Trinajstić information content (AvgIpc) is 2.90. The first kappa shape index (κ1) is 15.2. The Morgan fingerprint density at radius 3 is 3.05 bits per heavy atom. The zero-order valence-corrected chi connectivity index (χ0v) is 13.1. The van der Waals surface area contributed by atoms with Crippen molar-refractivity contribution in [1.29, 1.82) is 0 Å². The summed E-state index contributed by atoms with van der Waals surface area (Å²) in [4.78, 5) is 16.5. The van der Waals surface area contributed by atoms with Crippen LogP contribution in [0.15, 0.2) is 18.2 Å². The molecule has 1 aliphatic rings. The van der Waals surface area contributed by atoms with E-state index in [0.717, 1.165) is 18.8 Å². The van der Waals surface area contributed by atoms with Gasteiger partial charge in [0.2, 0.25) is 0 Å². The minimum absolute atomic E-state index is 0.0844. The molecule has 1 amide bonds. The molecular formula is C15H23N3OS. The summed E-state index contributed by atoms with van der Waals surface area (Å²) in [6.45, 7) is 5.90. The molecule has 2 heterocycles. The molecule has 4 nitrogen and oxygen atoms in total. The van der Waals surface area contributed by atoms with Crippen molar-refractivity contribution >= 4 is 23.5 Å². The molecule has 1 aromatic heterocycles. The molecular weight excluding hydrogens is 270 g/mol. The molecule has 0 spiro atoms. The second kappa shape index (κ2) is 6.97. The number of hydrogen-bond acceptors (Lipinski definition) is 4. The van der Waals surface area contributed by atoms with Crippen LogP contribution in [0.25, 0.3) is 0 Å². The van der Waals surface area contributed by atoms with Gasteiger partial charge in [0.1, 0.15) is 11.5 Å². The highest BCUT2D eigenvalue weighted by molar-refractivity contribution is 8.00. The second-order valence-electron chi connectivity index (χ2n) is 5.42. The molecule has 1 aliphatic heterocycles. The molecule has 1 fully saturated rings. The third kappa shape index (κ3) is 4.13. The summed E-state index contributed by atoms with van der Waals surface area (Å²) in [5.74, 6) is 1.88. The van der Waals surface area contributed by atoms with Crippen LogP contribution in [0.3, 0.4) is 0 Å². The van der Waals surface area contributed by atoms with Crippen molar-refractivity contribution in [3.8, 4) is 0 Å². The summed E-state index contributed by atoms with van der Waals surface area (Å²) in [6, 6.07) is 5.52. The van der Waals surface area contributed by atoms with Gasteiger partial charge in [0, 0.05) is 17.8 Å². The van der Waals surface area contributed by atoms with Gasteiger partial charge in [-0.2, -0.15) is 11.8 Å². The Labute approximate surface area is 125 Å².